The number of carbonyl (C=O) groups is 1. The first-order valence-electron chi connectivity index (χ1n) is 9.07. The SMILES string of the molecule is O=C(NC1c2ccccc2CCC1N1CCCC1)C1CCCO1. The van der Waals surface area contributed by atoms with Crippen molar-refractivity contribution in [2.75, 3.05) is 19.7 Å². The highest BCUT2D eigenvalue weighted by molar-refractivity contribution is 5.81. The highest BCUT2D eigenvalue weighted by Gasteiger charge is 2.37. The van der Waals surface area contributed by atoms with Gasteiger partial charge in [0.2, 0.25) is 5.91 Å². The summed E-state index contributed by atoms with van der Waals surface area (Å²) in [5.41, 5.74) is 2.70. The molecule has 1 aliphatic carbocycles. The van der Waals surface area contributed by atoms with E-state index in [1.807, 2.05) is 0 Å². The molecule has 4 heteroatoms. The molecule has 23 heavy (non-hydrogen) atoms. The summed E-state index contributed by atoms with van der Waals surface area (Å²) in [5, 5.41) is 3.34. The Kier molecular flexibility index (Phi) is 4.36. The molecule has 2 aliphatic heterocycles. The number of fused-ring (bicyclic) bond motifs is 1. The molecule has 0 bridgehead atoms. The van der Waals surface area contributed by atoms with E-state index in [1.54, 1.807) is 0 Å². The number of ether oxygens (including phenoxy) is 1. The minimum atomic E-state index is -0.247. The Morgan fingerprint density at radius 3 is 2.74 bits per heavy atom. The predicted molar refractivity (Wildman–Crippen MR) is 89.2 cm³/mol. The number of likely N-dealkylation sites (tertiary alicyclic amines) is 1. The molecular formula is C19H26N2O2. The second-order valence-electron chi connectivity index (χ2n) is 7.04. The van der Waals surface area contributed by atoms with Gasteiger partial charge in [-0.1, -0.05) is 24.3 Å². The van der Waals surface area contributed by atoms with E-state index < -0.39 is 0 Å². The van der Waals surface area contributed by atoms with Gasteiger partial charge >= 0.3 is 0 Å². The third-order valence-corrected chi connectivity index (χ3v) is 5.61. The summed E-state index contributed by atoms with van der Waals surface area (Å²) in [5.74, 6) is 0.0772. The molecule has 0 saturated carbocycles. The second kappa shape index (κ2) is 6.62. The zero-order valence-corrected chi connectivity index (χ0v) is 13.7. The fourth-order valence-corrected chi connectivity index (χ4v) is 4.41. The number of hydrogen-bond donors (Lipinski definition) is 1. The highest BCUT2D eigenvalue weighted by Crippen LogP contribution is 2.34. The van der Waals surface area contributed by atoms with Crippen molar-refractivity contribution in [2.24, 2.45) is 0 Å². The van der Waals surface area contributed by atoms with Gasteiger partial charge in [0.1, 0.15) is 6.10 Å². The molecule has 4 rings (SSSR count). The molecule has 3 unspecified atom stereocenters. The van der Waals surface area contributed by atoms with Crippen molar-refractivity contribution in [3.8, 4) is 0 Å². The van der Waals surface area contributed by atoms with Crippen LogP contribution >= 0.6 is 0 Å². The van der Waals surface area contributed by atoms with Gasteiger partial charge in [-0.3, -0.25) is 9.69 Å². The van der Waals surface area contributed by atoms with Crippen LogP contribution in [0.1, 0.15) is 49.3 Å². The number of aryl methyl sites for hydroxylation is 1. The Hall–Kier alpha value is -1.39. The first kappa shape index (κ1) is 15.2. The van der Waals surface area contributed by atoms with Crippen LogP contribution in [0.15, 0.2) is 24.3 Å². The molecule has 124 valence electrons. The van der Waals surface area contributed by atoms with Gasteiger partial charge in [-0.25, -0.2) is 0 Å². The average Bonchev–Trinajstić information content (AvgIpc) is 3.29. The molecule has 1 amide bonds. The number of benzene rings is 1. The van der Waals surface area contributed by atoms with E-state index >= 15 is 0 Å². The number of amides is 1. The minimum Gasteiger partial charge on any atom is -0.368 e. The van der Waals surface area contributed by atoms with Crippen molar-refractivity contribution in [1.82, 2.24) is 10.2 Å². The number of carbonyl (C=O) groups excluding carboxylic acids is 1. The molecule has 3 atom stereocenters. The number of hydrogen-bond acceptors (Lipinski definition) is 3. The zero-order valence-electron chi connectivity index (χ0n) is 13.7. The lowest BCUT2D eigenvalue weighted by atomic mass is 9.83. The maximum atomic E-state index is 12.6. The summed E-state index contributed by atoms with van der Waals surface area (Å²) < 4.78 is 5.58. The summed E-state index contributed by atoms with van der Waals surface area (Å²) in [7, 11) is 0. The third kappa shape index (κ3) is 3.02. The van der Waals surface area contributed by atoms with Crippen molar-refractivity contribution in [1.29, 1.82) is 0 Å². The summed E-state index contributed by atoms with van der Waals surface area (Å²) >= 11 is 0. The van der Waals surface area contributed by atoms with E-state index in [-0.39, 0.29) is 18.1 Å². The minimum absolute atomic E-state index is 0.0772. The van der Waals surface area contributed by atoms with Gasteiger partial charge in [0.25, 0.3) is 0 Å². The van der Waals surface area contributed by atoms with Gasteiger partial charge in [-0.05, 0) is 62.7 Å². The molecule has 0 aromatic heterocycles. The van der Waals surface area contributed by atoms with E-state index in [0.717, 1.165) is 32.3 Å². The lowest BCUT2D eigenvalue weighted by molar-refractivity contribution is -0.131. The van der Waals surface area contributed by atoms with E-state index in [1.165, 1.54) is 37.1 Å². The average molecular weight is 314 g/mol. The maximum Gasteiger partial charge on any atom is 0.249 e. The molecule has 2 saturated heterocycles. The summed E-state index contributed by atoms with van der Waals surface area (Å²) in [6.45, 7) is 3.05. The van der Waals surface area contributed by atoms with Crippen LogP contribution in [0.5, 0.6) is 0 Å². The van der Waals surface area contributed by atoms with Crippen LogP contribution in [0.3, 0.4) is 0 Å². The largest absolute Gasteiger partial charge is 0.368 e. The number of nitrogens with zero attached hydrogens (tertiary/aromatic N) is 1. The lowest BCUT2D eigenvalue weighted by Crippen LogP contribution is -2.49. The molecule has 0 radical (unpaired) electrons. The van der Waals surface area contributed by atoms with Crippen molar-refractivity contribution >= 4 is 5.91 Å². The van der Waals surface area contributed by atoms with E-state index in [4.69, 9.17) is 4.74 Å². The Bertz CT molecular complexity index is 562. The molecule has 2 fully saturated rings. The molecule has 3 aliphatic rings. The smallest absolute Gasteiger partial charge is 0.249 e. The van der Waals surface area contributed by atoms with Crippen molar-refractivity contribution < 1.29 is 9.53 Å². The fourth-order valence-electron chi connectivity index (χ4n) is 4.41. The Balaban J connectivity index is 1.58. The standard InChI is InChI=1S/C19H26N2O2/c22-19(17-8-5-13-23-17)20-18-15-7-2-1-6-14(15)9-10-16(18)21-11-3-4-12-21/h1-2,6-7,16-18H,3-5,8-13H2,(H,20,22). The monoisotopic (exact) mass is 314 g/mol. The van der Waals surface area contributed by atoms with Gasteiger partial charge in [0.15, 0.2) is 0 Å². The van der Waals surface area contributed by atoms with Crippen molar-refractivity contribution in [2.45, 2.75) is 56.7 Å². The zero-order chi connectivity index (χ0) is 15.6. The van der Waals surface area contributed by atoms with Crippen LogP contribution in [-0.4, -0.2) is 42.6 Å². The second-order valence-corrected chi connectivity index (χ2v) is 7.04. The van der Waals surface area contributed by atoms with Crippen LogP contribution in [0.2, 0.25) is 0 Å². The van der Waals surface area contributed by atoms with Gasteiger partial charge in [-0.2, -0.15) is 0 Å². The van der Waals surface area contributed by atoms with E-state index in [9.17, 15) is 4.79 Å². The van der Waals surface area contributed by atoms with Gasteiger partial charge in [0, 0.05) is 12.6 Å². The normalized spacial score (nSPS) is 31.0. The Labute approximate surface area is 138 Å². The molecule has 0 spiro atoms. The summed E-state index contributed by atoms with van der Waals surface area (Å²) in [6, 6.07) is 9.14. The Morgan fingerprint density at radius 1 is 1.13 bits per heavy atom. The van der Waals surface area contributed by atoms with Crippen LogP contribution in [0.25, 0.3) is 0 Å². The quantitative estimate of drug-likeness (QED) is 0.932. The third-order valence-electron chi connectivity index (χ3n) is 5.61. The first-order chi connectivity index (χ1) is 11.3. The van der Waals surface area contributed by atoms with Gasteiger partial charge in [0.05, 0.1) is 6.04 Å². The molecule has 1 N–H and O–H groups in total. The summed E-state index contributed by atoms with van der Waals surface area (Å²) in [6.07, 6.45) is 6.42. The molecule has 4 nitrogen and oxygen atoms in total. The van der Waals surface area contributed by atoms with Crippen LogP contribution in [0.4, 0.5) is 0 Å². The van der Waals surface area contributed by atoms with E-state index in [2.05, 4.69) is 34.5 Å². The maximum absolute atomic E-state index is 12.6. The van der Waals surface area contributed by atoms with Crippen molar-refractivity contribution in [3.05, 3.63) is 35.4 Å². The highest BCUT2D eigenvalue weighted by atomic mass is 16.5. The van der Waals surface area contributed by atoms with Gasteiger partial charge < -0.3 is 10.1 Å². The van der Waals surface area contributed by atoms with Crippen molar-refractivity contribution in [3.63, 3.8) is 0 Å². The number of nitrogens with one attached hydrogen (secondary N) is 1. The van der Waals surface area contributed by atoms with E-state index in [0.29, 0.717) is 6.04 Å². The molecular weight excluding hydrogens is 288 g/mol. The first-order valence-corrected chi connectivity index (χ1v) is 9.07. The fraction of sp³-hybridized carbons (Fsp3) is 0.632. The lowest BCUT2D eigenvalue weighted by Gasteiger charge is -2.40. The summed E-state index contributed by atoms with van der Waals surface area (Å²) in [4.78, 5) is 15.2. The van der Waals surface area contributed by atoms with Gasteiger partial charge in [-0.15, -0.1) is 0 Å². The Morgan fingerprint density at radius 2 is 1.96 bits per heavy atom. The topological polar surface area (TPSA) is 41.6 Å². The van der Waals surface area contributed by atoms with Crippen LogP contribution < -0.4 is 5.32 Å². The molecule has 2 heterocycles. The van der Waals surface area contributed by atoms with Crippen LogP contribution in [0, 0.1) is 0 Å². The predicted octanol–water partition coefficient (Wildman–Crippen LogP) is 2.43. The molecule has 1 aromatic carbocycles. The molecule has 1 aromatic rings. The number of rotatable bonds is 3. The van der Waals surface area contributed by atoms with Crippen LogP contribution in [-0.2, 0) is 16.0 Å².